The van der Waals surface area contributed by atoms with Crippen molar-refractivity contribution in [1.82, 2.24) is 15.4 Å². The fraction of sp³-hybridized carbons (Fsp3) is 0. The first kappa shape index (κ1) is 17.1. The minimum atomic E-state index is -0.439. The van der Waals surface area contributed by atoms with Crippen LogP contribution in [0.15, 0.2) is 71.9 Å². The predicted molar refractivity (Wildman–Crippen MR) is 102 cm³/mol. The molecule has 1 aliphatic rings. The van der Waals surface area contributed by atoms with E-state index in [0.29, 0.717) is 10.5 Å². The molecule has 3 rings (SSSR count). The summed E-state index contributed by atoms with van der Waals surface area (Å²) in [4.78, 5) is 28.9. The van der Waals surface area contributed by atoms with E-state index in [2.05, 4.69) is 10.4 Å². The molecule has 1 aliphatic heterocycles. The van der Waals surface area contributed by atoms with E-state index in [-0.39, 0.29) is 10.2 Å². The first-order chi connectivity index (χ1) is 12.1. The van der Waals surface area contributed by atoms with E-state index >= 15 is 0 Å². The van der Waals surface area contributed by atoms with Crippen LogP contribution in [0, 0.1) is 0 Å². The van der Waals surface area contributed by atoms with Crippen LogP contribution in [0.3, 0.4) is 0 Å². The smallest absolute Gasteiger partial charge is 0.267 e. The maximum absolute atomic E-state index is 12.4. The van der Waals surface area contributed by atoms with Crippen LogP contribution in [0.25, 0.3) is 6.08 Å². The molecule has 0 radical (unpaired) electrons. The van der Waals surface area contributed by atoms with Gasteiger partial charge in [-0.25, -0.2) is 0 Å². The minimum Gasteiger partial charge on any atom is -0.267 e. The van der Waals surface area contributed by atoms with Crippen molar-refractivity contribution < 1.29 is 9.59 Å². The Hall–Kier alpha value is -2.77. The molecule has 0 bridgehead atoms. The molecule has 0 spiro atoms. The van der Waals surface area contributed by atoms with E-state index in [1.165, 1.54) is 6.20 Å². The molecule has 1 aromatic heterocycles. The van der Waals surface area contributed by atoms with Crippen molar-refractivity contribution in [3.8, 4) is 0 Å². The standard InChI is InChI=1S/C18H13N3O2S2/c22-16(14-9-5-11-19-12-14)20-21-17(23)15(25-18(21)24)10-4-8-13-6-2-1-3-7-13/h1-12H,(H,20,22). The van der Waals surface area contributed by atoms with Gasteiger partial charge in [-0.3, -0.25) is 20.0 Å². The van der Waals surface area contributed by atoms with Crippen LogP contribution >= 0.6 is 24.0 Å². The highest BCUT2D eigenvalue weighted by Crippen LogP contribution is 2.29. The number of nitrogens with zero attached hydrogens (tertiary/aromatic N) is 2. The second-order valence-corrected chi connectivity index (χ2v) is 6.67. The number of pyridine rings is 1. The molecule has 2 heterocycles. The van der Waals surface area contributed by atoms with Gasteiger partial charge in [0.15, 0.2) is 4.32 Å². The van der Waals surface area contributed by atoms with E-state index in [0.717, 1.165) is 22.3 Å². The molecule has 2 aromatic rings. The van der Waals surface area contributed by atoms with Crippen LogP contribution in [-0.2, 0) is 4.79 Å². The Morgan fingerprint density at radius 2 is 2.00 bits per heavy atom. The number of nitrogens with one attached hydrogen (secondary N) is 1. The molecular formula is C18H13N3O2S2. The van der Waals surface area contributed by atoms with Crippen molar-refractivity contribution in [2.24, 2.45) is 0 Å². The van der Waals surface area contributed by atoms with Crippen LogP contribution in [0.1, 0.15) is 15.9 Å². The molecule has 1 N–H and O–H groups in total. The number of carbonyl (C=O) groups is 2. The number of allylic oxidation sites excluding steroid dienone is 2. The van der Waals surface area contributed by atoms with Crippen molar-refractivity contribution in [3.63, 3.8) is 0 Å². The van der Waals surface area contributed by atoms with Crippen molar-refractivity contribution in [1.29, 1.82) is 0 Å². The summed E-state index contributed by atoms with van der Waals surface area (Å²) < 4.78 is 0.279. The molecule has 5 nitrogen and oxygen atoms in total. The number of hydrogen-bond donors (Lipinski definition) is 1. The van der Waals surface area contributed by atoms with Gasteiger partial charge in [0, 0.05) is 12.4 Å². The van der Waals surface area contributed by atoms with Crippen LogP contribution in [0.5, 0.6) is 0 Å². The van der Waals surface area contributed by atoms with Gasteiger partial charge in [0.1, 0.15) is 0 Å². The van der Waals surface area contributed by atoms with Gasteiger partial charge >= 0.3 is 0 Å². The van der Waals surface area contributed by atoms with E-state index in [4.69, 9.17) is 12.2 Å². The molecule has 7 heteroatoms. The first-order valence-corrected chi connectivity index (χ1v) is 8.58. The highest BCUT2D eigenvalue weighted by molar-refractivity contribution is 8.26. The maximum atomic E-state index is 12.4. The number of hydrazine groups is 1. The van der Waals surface area contributed by atoms with E-state index in [9.17, 15) is 9.59 Å². The summed E-state index contributed by atoms with van der Waals surface area (Å²) in [5, 5.41) is 1.08. The summed E-state index contributed by atoms with van der Waals surface area (Å²) in [6.07, 6.45) is 8.34. The number of hydrogen-bond acceptors (Lipinski definition) is 5. The average Bonchev–Trinajstić information content (AvgIpc) is 2.91. The number of amides is 2. The highest BCUT2D eigenvalue weighted by atomic mass is 32.2. The van der Waals surface area contributed by atoms with Gasteiger partial charge in [-0.05, 0) is 36.0 Å². The molecule has 1 fully saturated rings. The summed E-state index contributed by atoms with van der Waals surface area (Å²) in [5.74, 6) is -0.796. The lowest BCUT2D eigenvalue weighted by atomic mass is 10.2. The largest absolute Gasteiger partial charge is 0.285 e. The average molecular weight is 367 g/mol. The molecule has 0 atom stereocenters. The predicted octanol–water partition coefficient (Wildman–Crippen LogP) is 3.18. The summed E-state index contributed by atoms with van der Waals surface area (Å²) in [6.45, 7) is 0. The zero-order chi connectivity index (χ0) is 17.6. The Kier molecular flexibility index (Phi) is 5.37. The lowest BCUT2D eigenvalue weighted by molar-refractivity contribution is -0.123. The molecule has 2 amide bonds. The SMILES string of the molecule is O=C(NN1C(=O)C(=CC=Cc2ccccc2)SC1=S)c1cccnc1. The molecular weight excluding hydrogens is 354 g/mol. The highest BCUT2D eigenvalue weighted by Gasteiger charge is 2.33. The lowest BCUT2D eigenvalue weighted by Gasteiger charge is -2.15. The molecule has 1 saturated heterocycles. The Labute approximate surface area is 154 Å². The van der Waals surface area contributed by atoms with Gasteiger partial charge in [0.2, 0.25) is 0 Å². The molecule has 1 aromatic carbocycles. The number of thiocarbonyl (C=S) groups is 1. The van der Waals surface area contributed by atoms with E-state index < -0.39 is 5.91 Å². The molecule has 25 heavy (non-hydrogen) atoms. The van der Waals surface area contributed by atoms with Gasteiger partial charge in [0.05, 0.1) is 10.5 Å². The zero-order valence-electron chi connectivity index (χ0n) is 13.0. The number of thioether (sulfide) groups is 1. The molecule has 0 saturated carbocycles. The second-order valence-electron chi connectivity index (χ2n) is 4.99. The van der Waals surface area contributed by atoms with Crippen LogP contribution < -0.4 is 5.43 Å². The fourth-order valence-corrected chi connectivity index (χ4v) is 3.18. The third-order valence-corrected chi connectivity index (χ3v) is 4.59. The van der Waals surface area contributed by atoms with Gasteiger partial charge < -0.3 is 0 Å². The Bertz CT molecular complexity index is 864. The second kappa shape index (κ2) is 7.87. The van der Waals surface area contributed by atoms with Crippen molar-refractivity contribution in [2.75, 3.05) is 0 Å². The first-order valence-electron chi connectivity index (χ1n) is 7.36. The number of rotatable bonds is 4. The number of aromatic nitrogens is 1. The summed E-state index contributed by atoms with van der Waals surface area (Å²) in [7, 11) is 0. The molecule has 0 aliphatic carbocycles. The van der Waals surface area contributed by atoms with Crippen LogP contribution in [0.2, 0.25) is 0 Å². The summed E-state index contributed by atoms with van der Waals surface area (Å²) >= 11 is 6.32. The van der Waals surface area contributed by atoms with Crippen molar-refractivity contribution in [3.05, 3.63) is 83.0 Å². The monoisotopic (exact) mass is 367 g/mol. The van der Waals surface area contributed by atoms with Crippen LogP contribution in [0.4, 0.5) is 0 Å². The number of benzene rings is 1. The molecule has 124 valence electrons. The zero-order valence-corrected chi connectivity index (χ0v) is 14.6. The topological polar surface area (TPSA) is 62.3 Å². The Morgan fingerprint density at radius 1 is 1.20 bits per heavy atom. The van der Waals surface area contributed by atoms with Gasteiger partial charge in [0.25, 0.3) is 11.8 Å². The fourth-order valence-electron chi connectivity index (χ4n) is 2.05. The van der Waals surface area contributed by atoms with E-state index in [1.807, 2.05) is 36.4 Å². The Morgan fingerprint density at radius 3 is 2.72 bits per heavy atom. The summed E-state index contributed by atoms with van der Waals surface area (Å²) in [6, 6.07) is 13.0. The van der Waals surface area contributed by atoms with Crippen molar-refractivity contribution in [2.45, 2.75) is 0 Å². The lowest BCUT2D eigenvalue weighted by Crippen LogP contribution is -2.44. The summed E-state index contributed by atoms with van der Waals surface area (Å²) in [5.41, 5.74) is 3.89. The quantitative estimate of drug-likeness (QED) is 0.664. The van der Waals surface area contributed by atoms with Crippen LogP contribution in [-0.4, -0.2) is 26.1 Å². The third kappa shape index (κ3) is 4.20. The molecule has 0 unspecified atom stereocenters. The maximum Gasteiger partial charge on any atom is 0.285 e. The van der Waals surface area contributed by atoms with Crippen molar-refractivity contribution >= 4 is 46.2 Å². The van der Waals surface area contributed by atoms with Gasteiger partial charge in [-0.2, -0.15) is 5.01 Å². The normalized spacial score (nSPS) is 16.0. The minimum absolute atomic E-state index is 0.279. The third-order valence-electron chi connectivity index (χ3n) is 3.27. The Balaban J connectivity index is 1.69. The van der Waals surface area contributed by atoms with E-state index in [1.54, 1.807) is 30.5 Å². The number of carbonyl (C=O) groups excluding carboxylic acids is 2. The van der Waals surface area contributed by atoms with Gasteiger partial charge in [-0.15, -0.1) is 0 Å². The van der Waals surface area contributed by atoms with Gasteiger partial charge in [-0.1, -0.05) is 54.2 Å².